The lowest BCUT2D eigenvalue weighted by Crippen LogP contribution is -2.45. The highest BCUT2D eigenvalue weighted by molar-refractivity contribution is 14.0. The molecule has 1 heterocycles. The average Bonchev–Trinajstić information content (AvgIpc) is 3.13. The number of guanidine groups is 1. The summed E-state index contributed by atoms with van der Waals surface area (Å²) in [4.78, 5) is 20.3. The van der Waals surface area contributed by atoms with Gasteiger partial charge in [0.05, 0.1) is 6.61 Å². The first-order valence-electron chi connectivity index (χ1n) is 9.53. The predicted molar refractivity (Wildman–Crippen MR) is 125 cm³/mol. The molecule has 1 aromatic carbocycles. The Morgan fingerprint density at radius 2 is 2.00 bits per heavy atom. The van der Waals surface area contributed by atoms with Crippen molar-refractivity contribution < 1.29 is 9.53 Å². The Balaban J connectivity index is 0.00000392. The molecule has 1 unspecified atom stereocenters. The first kappa shape index (κ1) is 24.6. The van der Waals surface area contributed by atoms with Crippen molar-refractivity contribution in [3.05, 3.63) is 35.4 Å². The van der Waals surface area contributed by atoms with Crippen LogP contribution in [-0.2, 0) is 11.3 Å². The van der Waals surface area contributed by atoms with Crippen LogP contribution in [0.3, 0.4) is 0 Å². The molecule has 8 heteroatoms. The number of hydrogen-bond donors (Lipinski definition) is 2. The van der Waals surface area contributed by atoms with Crippen LogP contribution in [0, 0.1) is 0 Å². The fourth-order valence-electron chi connectivity index (χ4n) is 3.27. The molecular formula is C20H34IN5O2. The molecule has 0 bridgehead atoms. The summed E-state index contributed by atoms with van der Waals surface area (Å²) in [5, 5.41) is 6.77. The highest BCUT2D eigenvalue weighted by atomic mass is 127. The minimum Gasteiger partial charge on any atom is -0.383 e. The van der Waals surface area contributed by atoms with E-state index in [1.807, 2.05) is 24.3 Å². The van der Waals surface area contributed by atoms with Crippen LogP contribution >= 0.6 is 24.0 Å². The van der Waals surface area contributed by atoms with Crippen molar-refractivity contribution in [1.82, 2.24) is 20.4 Å². The maximum atomic E-state index is 11.9. The molecule has 1 saturated heterocycles. The van der Waals surface area contributed by atoms with Gasteiger partial charge in [-0.15, -0.1) is 24.0 Å². The van der Waals surface area contributed by atoms with E-state index in [-0.39, 0.29) is 29.9 Å². The Morgan fingerprint density at radius 3 is 2.61 bits per heavy atom. The third-order valence-corrected chi connectivity index (χ3v) is 4.88. The molecule has 0 aliphatic carbocycles. The first-order chi connectivity index (χ1) is 13.0. The number of carbonyl (C=O) groups excluding carboxylic acids is 1. The maximum Gasteiger partial charge on any atom is 0.253 e. The number of carbonyl (C=O) groups is 1. The van der Waals surface area contributed by atoms with Crippen LogP contribution in [-0.4, -0.2) is 82.2 Å². The van der Waals surface area contributed by atoms with Crippen LogP contribution in [0.1, 0.15) is 28.8 Å². The largest absolute Gasteiger partial charge is 0.383 e. The summed E-state index contributed by atoms with van der Waals surface area (Å²) in [5.74, 6) is 0.809. The Labute approximate surface area is 185 Å². The van der Waals surface area contributed by atoms with E-state index in [0.29, 0.717) is 18.2 Å². The second-order valence-electron chi connectivity index (χ2n) is 7.03. The van der Waals surface area contributed by atoms with Gasteiger partial charge in [-0.1, -0.05) is 12.1 Å². The van der Waals surface area contributed by atoms with E-state index in [1.165, 1.54) is 12.8 Å². The first-order valence-corrected chi connectivity index (χ1v) is 9.53. The Kier molecular flexibility index (Phi) is 11.4. The zero-order valence-electron chi connectivity index (χ0n) is 17.4. The molecule has 0 spiro atoms. The molecule has 28 heavy (non-hydrogen) atoms. The molecule has 1 fully saturated rings. The summed E-state index contributed by atoms with van der Waals surface area (Å²) in [6.07, 6.45) is 2.44. The number of aliphatic imine (C=N–C) groups is 1. The summed E-state index contributed by atoms with van der Waals surface area (Å²) in [7, 11) is 7.05. The summed E-state index contributed by atoms with van der Waals surface area (Å²) in [6.45, 7) is 4.43. The van der Waals surface area contributed by atoms with Crippen molar-refractivity contribution in [3.63, 3.8) is 0 Å². The van der Waals surface area contributed by atoms with Gasteiger partial charge in [-0.05, 0) is 37.1 Å². The van der Waals surface area contributed by atoms with Gasteiger partial charge in [-0.2, -0.15) is 0 Å². The molecular weight excluding hydrogens is 469 g/mol. The van der Waals surface area contributed by atoms with Crippen LogP contribution in [0.5, 0.6) is 0 Å². The molecule has 2 rings (SSSR count). The lowest BCUT2D eigenvalue weighted by Gasteiger charge is -2.25. The van der Waals surface area contributed by atoms with E-state index in [2.05, 4.69) is 20.5 Å². The van der Waals surface area contributed by atoms with Gasteiger partial charge in [0.2, 0.25) is 0 Å². The highest BCUT2D eigenvalue weighted by Gasteiger charge is 2.23. The fraction of sp³-hybridized carbons (Fsp3) is 0.600. The minimum absolute atomic E-state index is 0. The molecule has 7 nitrogen and oxygen atoms in total. The van der Waals surface area contributed by atoms with Gasteiger partial charge in [-0.3, -0.25) is 14.7 Å². The number of likely N-dealkylation sites (tertiary alicyclic amines) is 1. The Bertz CT molecular complexity index is 622. The third-order valence-electron chi connectivity index (χ3n) is 4.88. The van der Waals surface area contributed by atoms with Crippen LogP contribution in [0.4, 0.5) is 0 Å². The normalized spacial score (nSPS) is 17.1. The van der Waals surface area contributed by atoms with E-state index in [9.17, 15) is 4.79 Å². The van der Waals surface area contributed by atoms with E-state index in [0.717, 1.165) is 37.8 Å². The highest BCUT2D eigenvalue weighted by Crippen LogP contribution is 2.15. The Morgan fingerprint density at radius 1 is 1.29 bits per heavy atom. The van der Waals surface area contributed by atoms with Crippen molar-refractivity contribution in [3.8, 4) is 0 Å². The number of amides is 1. The third kappa shape index (κ3) is 7.56. The number of halogens is 1. The maximum absolute atomic E-state index is 11.9. The van der Waals surface area contributed by atoms with Gasteiger partial charge in [0.25, 0.3) is 5.91 Å². The molecule has 1 amide bonds. The van der Waals surface area contributed by atoms with E-state index < -0.39 is 0 Å². The average molecular weight is 503 g/mol. The predicted octanol–water partition coefficient (Wildman–Crippen LogP) is 1.78. The monoisotopic (exact) mass is 503 g/mol. The molecule has 1 aliphatic heterocycles. The number of rotatable bonds is 8. The standard InChI is InChI=1S/C20H33N5O2.HI/c1-21-20(23-15-18-6-5-11-25(18)12-13-27-4)22-14-16-7-9-17(10-8-16)19(26)24(2)3;/h7-10,18H,5-6,11-15H2,1-4H3,(H2,21,22,23);1H. The van der Waals surface area contributed by atoms with Crippen molar-refractivity contribution in [2.45, 2.75) is 25.4 Å². The second kappa shape index (κ2) is 12.9. The van der Waals surface area contributed by atoms with Crippen LogP contribution in [0.25, 0.3) is 0 Å². The number of nitrogens with zero attached hydrogens (tertiary/aromatic N) is 3. The zero-order chi connectivity index (χ0) is 19.6. The van der Waals surface area contributed by atoms with Crippen molar-refractivity contribution >= 4 is 35.8 Å². The van der Waals surface area contributed by atoms with Gasteiger partial charge in [-0.25, -0.2) is 0 Å². The number of nitrogens with one attached hydrogen (secondary N) is 2. The van der Waals surface area contributed by atoms with Gasteiger partial charge >= 0.3 is 0 Å². The lowest BCUT2D eigenvalue weighted by atomic mass is 10.1. The lowest BCUT2D eigenvalue weighted by molar-refractivity contribution is 0.0827. The van der Waals surface area contributed by atoms with Gasteiger partial charge < -0.3 is 20.3 Å². The molecule has 0 radical (unpaired) electrons. The number of benzene rings is 1. The molecule has 0 saturated carbocycles. The van der Waals surface area contributed by atoms with Gasteiger partial charge in [0, 0.05) is 59.5 Å². The number of methoxy groups -OCH3 is 1. The van der Waals surface area contributed by atoms with Gasteiger partial charge in [0.15, 0.2) is 5.96 Å². The number of hydrogen-bond acceptors (Lipinski definition) is 4. The summed E-state index contributed by atoms with van der Waals surface area (Å²) in [5.41, 5.74) is 1.81. The topological polar surface area (TPSA) is 69.2 Å². The SMILES string of the molecule is CN=C(NCc1ccc(C(=O)N(C)C)cc1)NCC1CCCN1CCOC.I. The Hall–Kier alpha value is -1.39. The van der Waals surface area contributed by atoms with E-state index in [1.54, 1.807) is 33.2 Å². The quantitative estimate of drug-likeness (QED) is 0.322. The summed E-state index contributed by atoms with van der Waals surface area (Å²) >= 11 is 0. The van der Waals surface area contributed by atoms with Crippen molar-refractivity contribution in [2.24, 2.45) is 4.99 Å². The minimum atomic E-state index is 0. The van der Waals surface area contributed by atoms with Gasteiger partial charge in [0.1, 0.15) is 0 Å². The molecule has 0 aromatic heterocycles. The van der Waals surface area contributed by atoms with Crippen molar-refractivity contribution in [1.29, 1.82) is 0 Å². The molecule has 158 valence electrons. The van der Waals surface area contributed by atoms with E-state index in [4.69, 9.17) is 4.74 Å². The molecule has 1 atom stereocenters. The summed E-state index contributed by atoms with van der Waals surface area (Å²) < 4.78 is 5.20. The van der Waals surface area contributed by atoms with Crippen LogP contribution in [0.2, 0.25) is 0 Å². The van der Waals surface area contributed by atoms with E-state index >= 15 is 0 Å². The smallest absolute Gasteiger partial charge is 0.253 e. The summed E-state index contributed by atoms with van der Waals surface area (Å²) in [6, 6.07) is 8.19. The van der Waals surface area contributed by atoms with Crippen molar-refractivity contribution in [2.75, 3.05) is 54.5 Å². The van der Waals surface area contributed by atoms with Crippen LogP contribution in [0.15, 0.2) is 29.3 Å². The zero-order valence-corrected chi connectivity index (χ0v) is 19.7. The molecule has 1 aromatic rings. The molecule has 2 N–H and O–H groups in total. The molecule has 1 aliphatic rings. The van der Waals surface area contributed by atoms with Crippen LogP contribution < -0.4 is 10.6 Å². The fourth-order valence-corrected chi connectivity index (χ4v) is 3.27. The number of ether oxygens (including phenoxy) is 1. The second-order valence-corrected chi connectivity index (χ2v) is 7.03.